The Hall–Kier alpha value is -3.78. The lowest BCUT2D eigenvalue weighted by atomic mass is 9.81. The summed E-state index contributed by atoms with van der Waals surface area (Å²) in [6, 6.07) is 0.549. The molecular weight excluding hydrogens is 524 g/mol. The van der Waals surface area contributed by atoms with Gasteiger partial charge in [0.1, 0.15) is 5.69 Å². The van der Waals surface area contributed by atoms with Crippen molar-refractivity contribution in [1.29, 1.82) is 0 Å². The van der Waals surface area contributed by atoms with E-state index in [1.54, 1.807) is 19.2 Å². The van der Waals surface area contributed by atoms with Gasteiger partial charge in [-0.1, -0.05) is 5.16 Å². The highest BCUT2D eigenvalue weighted by atomic mass is 19.3. The number of nitrogens with one attached hydrogen (secondary N) is 2. The summed E-state index contributed by atoms with van der Waals surface area (Å²) in [7, 11) is 0. The van der Waals surface area contributed by atoms with E-state index in [4.69, 9.17) is 0 Å². The molecule has 0 radical (unpaired) electrons. The maximum Gasteiger partial charge on any atom is 0.317 e. The van der Waals surface area contributed by atoms with Gasteiger partial charge in [0.2, 0.25) is 5.92 Å². The predicted molar refractivity (Wildman–Crippen MR) is 125 cm³/mol. The number of rotatable bonds is 6. The molecule has 6 rings (SSSR count). The third kappa shape index (κ3) is 4.78. The van der Waals surface area contributed by atoms with E-state index >= 15 is 0 Å². The lowest BCUT2D eigenvalue weighted by Gasteiger charge is -2.33. The Balaban J connectivity index is 1.25. The second kappa shape index (κ2) is 9.16. The van der Waals surface area contributed by atoms with Crippen LogP contribution in [0.4, 0.5) is 22.4 Å². The number of urea groups is 1. The van der Waals surface area contributed by atoms with Crippen molar-refractivity contribution in [2.75, 3.05) is 13.1 Å². The first-order chi connectivity index (χ1) is 18.5. The SMILES string of the molecule is Cc1nonc1C(=O)NC(c1cn2ncc(CN3C[C@H]4[C@@H](CNC3=O)C4(F)F)cc2n1)C1CCC(F)(F)CC1. The molecule has 0 spiro atoms. The first kappa shape index (κ1) is 25.5. The zero-order valence-electron chi connectivity index (χ0n) is 20.9. The summed E-state index contributed by atoms with van der Waals surface area (Å²) >= 11 is 0. The van der Waals surface area contributed by atoms with Crippen LogP contribution in [0.5, 0.6) is 0 Å². The Morgan fingerprint density at radius 1 is 1.23 bits per heavy atom. The molecule has 2 N–H and O–H groups in total. The standard InChI is InChI=1S/C24H26F4N8O3/c1-12-19(34-39-33-12)21(37)32-20(14-2-4-23(25,26)5-3-14)17-11-36-18(31-17)6-13(7-30-36)9-35-10-16-15(24(16,27)28)8-29-22(35)38/h6-7,11,14-16,20H,2-5,8-10H2,1H3,(H,29,38)(H,32,37)/t15-,16+,20?/m1/s1. The molecule has 3 fully saturated rings. The molecule has 3 aromatic rings. The Labute approximate surface area is 219 Å². The quantitative estimate of drug-likeness (QED) is 0.451. The summed E-state index contributed by atoms with van der Waals surface area (Å²) in [4.78, 5) is 31.3. The number of nitrogens with zero attached hydrogens (tertiary/aromatic N) is 6. The topological polar surface area (TPSA) is 131 Å². The van der Waals surface area contributed by atoms with Crippen LogP contribution in [0.3, 0.4) is 0 Å². The van der Waals surface area contributed by atoms with Crippen LogP contribution in [-0.2, 0) is 6.54 Å². The number of alkyl halides is 4. The van der Waals surface area contributed by atoms with Gasteiger partial charge in [0.05, 0.1) is 36.0 Å². The number of hydrogen-bond donors (Lipinski definition) is 2. The van der Waals surface area contributed by atoms with Gasteiger partial charge in [-0.3, -0.25) is 4.79 Å². The van der Waals surface area contributed by atoms with E-state index in [1.165, 1.54) is 15.6 Å². The van der Waals surface area contributed by atoms with E-state index in [0.717, 1.165) is 0 Å². The van der Waals surface area contributed by atoms with Crippen molar-refractivity contribution in [3.8, 4) is 0 Å². The summed E-state index contributed by atoms with van der Waals surface area (Å²) in [6.07, 6.45) is 2.87. The smallest absolute Gasteiger partial charge is 0.317 e. The third-order valence-corrected chi connectivity index (χ3v) is 8.02. The Kier molecular flexibility index (Phi) is 5.99. The van der Waals surface area contributed by atoms with Crippen LogP contribution in [0, 0.1) is 24.7 Å². The van der Waals surface area contributed by atoms with Gasteiger partial charge in [0.15, 0.2) is 11.3 Å². The zero-order chi connectivity index (χ0) is 27.5. The molecule has 1 aliphatic heterocycles. The second-order valence-electron chi connectivity index (χ2n) is 10.6. The molecule has 39 heavy (non-hydrogen) atoms. The van der Waals surface area contributed by atoms with Crippen LogP contribution < -0.4 is 10.6 Å². The fourth-order valence-electron chi connectivity index (χ4n) is 5.62. The molecule has 0 bridgehead atoms. The molecule has 11 nitrogen and oxygen atoms in total. The predicted octanol–water partition coefficient (Wildman–Crippen LogP) is 3.12. The number of imidazole rings is 1. The third-order valence-electron chi connectivity index (χ3n) is 8.02. The fourth-order valence-corrected chi connectivity index (χ4v) is 5.62. The Morgan fingerprint density at radius 2 is 2.00 bits per heavy atom. The summed E-state index contributed by atoms with van der Waals surface area (Å²) < 4.78 is 61.7. The van der Waals surface area contributed by atoms with Crippen molar-refractivity contribution in [2.45, 2.75) is 57.0 Å². The molecule has 4 heterocycles. The van der Waals surface area contributed by atoms with Crippen molar-refractivity contribution in [2.24, 2.45) is 17.8 Å². The minimum Gasteiger partial charge on any atom is -0.342 e. The van der Waals surface area contributed by atoms with Gasteiger partial charge in [0, 0.05) is 32.5 Å². The van der Waals surface area contributed by atoms with E-state index < -0.39 is 41.7 Å². The van der Waals surface area contributed by atoms with Crippen LogP contribution in [0.25, 0.3) is 5.65 Å². The first-order valence-corrected chi connectivity index (χ1v) is 12.7. The van der Waals surface area contributed by atoms with Crippen LogP contribution in [0.2, 0.25) is 0 Å². The van der Waals surface area contributed by atoms with Gasteiger partial charge in [-0.25, -0.2) is 36.5 Å². The molecule has 3 atom stereocenters. The second-order valence-corrected chi connectivity index (χ2v) is 10.6. The molecule has 1 saturated heterocycles. The lowest BCUT2D eigenvalue weighted by Crippen LogP contribution is -2.40. The highest BCUT2D eigenvalue weighted by molar-refractivity contribution is 5.93. The maximum absolute atomic E-state index is 13.9. The van der Waals surface area contributed by atoms with Crippen molar-refractivity contribution in [3.05, 3.63) is 41.1 Å². The normalized spacial score (nSPS) is 25.1. The molecule has 2 saturated carbocycles. The largest absolute Gasteiger partial charge is 0.342 e. The first-order valence-electron chi connectivity index (χ1n) is 12.7. The molecule has 0 aromatic carbocycles. The molecule has 3 aromatic heterocycles. The average molecular weight is 551 g/mol. The number of hydrogen-bond acceptors (Lipinski definition) is 7. The van der Waals surface area contributed by atoms with Gasteiger partial charge >= 0.3 is 6.03 Å². The monoisotopic (exact) mass is 550 g/mol. The number of fused-ring (bicyclic) bond motifs is 2. The number of halogens is 4. The van der Waals surface area contributed by atoms with E-state index in [0.29, 0.717) is 16.9 Å². The summed E-state index contributed by atoms with van der Waals surface area (Å²) in [6.45, 7) is 1.50. The highest BCUT2D eigenvalue weighted by Gasteiger charge is 2.69. The number of aryl methyl sites for hydroxylation is 1. The van der Waals surface area contributed by atoms with Crippen LogP contribution in [0.15, 0.2) is 23.1 Å². The molecule has 2 aliphatic carbocycles. The molecule has 1 unspecified atom stereocenters. The summed E-state index contributed by atoms with van der Waals surface area (Å²) in [5.41, 5.74) is 1.68. The van der Waals surface area contributed by atoms with Gasteiger partial charge in [-0.05, 0) is 42.5 Å². The maximum atomic E-state index is 13.9. The number of carbonyl (C=O) groups excluding carboxylic acids is 2. The fraction of sp³-hybridized carbons (Fsp3) is 0.583. The molecule has 3 amide bonds. The van der Waals surface area contributed by atoms with Crippen molar-refractivity contribution >= 4 is 17.6 Å². The Bertz CT molecular complexity index is 1420. The summed E-state index contributed by atoms with van der Waals surface area (Å²) in [5.74, 6) is -8.13. The van der Waals surface area contributed by atoms with Crippen molar-refractivity contribution < 1.29 is 31.8 Å². The number of aromatic nitrogens is 5. The van der Waals surface area contributed by atoms with E-state index in [-0.39, 0.29) is 62.6 Å². The van der Waals surface area contributed by atoms with Crippen molar-refractivity contribution in [3.63, 3.8) is 0 Å². The zero-order valence-corrected chi connectivity index (χ0v) is 20.9. The van der Waals surface area contributed by atoms with Gasteiger partial charge in [-0.15, -0.1) is 0 Å². The van der Waals surface area contributed by atoms with Gasteiger partial charge in [-0.2, -0.15) is 5.10 Å². The molecule has 15 heteroatoms. The van der Waals surface area contributed by atoms with E-state index in [1.807, 2.05) is 0 Å². The number of amides is 3. The van der Waals surface area contributed by atoms with Gasteiger partial charge < -0.3 is 15.5 Å². The summed E-state index contributed by atoms with van der Waals surface area (Å²) in [5, 5.41) is 17.0. The van der Waals surface area contributed by atoms with E-state index in [2.05, 4.69) is 35.7 Å². The highest BCUT2D eigenvalue weighted by Crippen LogP contribution is 2.55. The lowest BCUT2D eigenvalue weighted by molar-refractivity contribution is -0.0495. The molecule has 3 aliphatic rings. The van der Waals surface area contributed by atoms with Crippen LogP contribution >= 0.6 is 0 Å². The Morgan fingerprint density at radius 3 is 2.72 bits per heavy atom. The minimum atomic E-state index is -2.78. The van der Waals surface area contributed by atoms with Gasteiger partial charge in [0.25, 0.3) is 11.8 Å². The van der Waals surface area contributed by atoms with Crippen LogP contribution in [0.1, 0.15) is 59.2 Å². The minimum absolute atomic E-state index is 0.00970. The number of carbonyl (C=O) groups is 2. The van der Waals surface area contributed by atoms with Crippen LogP contribution in [-0.4, -0.2) is 66.7 Å². The van der Waals surface area contributed by atoms with Crippen molar-refractivity contribution in [1.82, 2.24) is 40.4 Å². The average Bonchev–Trinajstić information content (AvgIpc) is 3.20. The van der Waals surface area contributed by atoms with E-state index in [9.17, 15) is 27.2 Å². The molecule has 208 valence electrons. The molecular formula is C24H26F4N8O3.